The number of carboxylic acid groups (broad SMARTS) is 1. The van der Waals surface area contributed by atoms with Crippen molar-refractivity contribution in [2.45, 2.75) is 57.4 Å². The number of pyridine rings is 2. The third kappa shape index (κ3) is 5.50. The van der Waals surface area contributed by atoms with Crippen molar-refractivity contribution in [3.63, 3.8) is 0 Å². The molecule has 1 N–H and O–H groups in total. The van der Waals surface area contributed by atoms with Crippen molar-refractivity contribution in [3.8, 4) is 0 Å². The molecule has 8 nitrogen and oxygen atoms in total. The second-order valence-electron chi connectivity index (χ2n) is 9.06. The summed E-state index contributed by atoms with van der Waals surface area (Å²) in [6.07, 6.45) is 11.8. The smallest absolute Gasteiger partial charge is 0.305 e. The zero-order valence-electron chi connectivity index (χ0n) is 19.8. The number of carboxylic acids is 1. The average Bonchev–Trinajstić information content (AvgIpc) is 3.30. The van der Waals surface area contributed by atoms with Crippen LogP contribution in [0, 0.1) is 0 Å². The Balaban J connectivity index is 1.51. The third-order valence-electron chi connectivity index (χ3n) is 6.31. The summed E-state index contributed by atoms with van der Waals surface area (Å²) < 4.78 is 1.76. The third-order valence-corrected chi connectivity index (χ3v) is 6.31. The molecule has 1 amide bonds. The van der Waals surface area contributed by atoms with Crippen LogP contribution in [0.25, 0.3) is 0 Å². The van der Waals surface area contributed by atoms with Gasteiger partial charge in [0.25, 0.3) is 5.91 Å². The van der Waals surface area contributed by atoms with E-state index < -0.39 is 12.0 Å². The van der Waals surface area contributed by atoms with E-state index >= 15 is 0 Å². The molecule has 0 radical (unpaired) electrons. The molecule has 0 saturated carbocycles. The number of aromatic nitrogens is 4. The van der Waals surface area contributed by atoms with E-state index in [2.05, 4.69) is 22.2 Å². The van der Waals surface area contributed by atoms with Crippen LogP contribution in [0.5, 0.6) is 0 Å². The first-order valence-corrected chi connectivity index (χ1v) is 11.8. The van der Waals surface area contributed by atoms with E-state index in [1.165, 1.54) is 35.2 Å². The Morgan fingerprint density at radius 2 is 1.94 bits per heavy atom. The lowest BCUT2D eigenvalue weighted by molar-refractivity contribution is -0.137. The maximum absolute atomic E-state index is 12.4. The van der Waals surface area contributed by atoms with Gasteiger partial charge in [-0.3, -0.25) is 24.2 Å². The standard InChI is InChI=1S/C26H31N5O3/c1-30(2)26(34)20-14-19(16-27-17-20)24(15-25(32)33)31-22(12-13-28-31)8-5-7-21-11-10-18-6-3-4-9-23(18)29-21/h10-14,16-17,24H,3-9,15H2,1-2H3,(H,32,33). The Morgan fingerprint density at radius 3 is 2.74 bits per heavy atom. The van der Waals surface area contributed by atoms with Crippen LogP contribution in [0.15, 0.2) is 42.9 Å². The summed E-state index contributed by atoms with van der Waals surface area (Å²) in [4.78, 5) is 34.6. The van der Waals surface area contributed by atoms with Crippen LogP contribution in [-0.4, -0.2) is 55.7 Å². The molecule has 1 atom stereocenters. The summed E-state index contributed by atoms with van der Waals surface area (Å²) in [7, 11) is 3.35. The Morgan fingerprint density at radius 1 is 1.12 bits per heavy atom. The lowest BCUT2D eigenvalue weighted by Crippen LogP contribution is -2.23. The van der Waals surface area contributed by atoms with Crippen LogP contribution < -0.4 is 0 Å². The number of nitrogens with zero attached hydrogens (tertiary/aromatic N) is 5. The molecule has 178 valence electrons. The van der Waals surface area contributed by atoms with E-state index in [0.717, 1.165) is 43.5 Å². The zero-order valence-corrected chi connectivity index (χ0v) is 19.8. The molecule has 0 fully saturated rings. The van der Waals surface area contributed by atoms with E-state index in [4.69, 9.17) is 4.98 Å². The van der Waals surface area contributed by atoms with Gasteiger partial charge in [0.15, 0.2) is 0 Å². The summed E-state index contributed by atoms with van der Waals surface area (Å²) >= 11 is 0. The lowest BCUT2D eigenvalue weighted by atomic mass is 9.95. The Labute approximate surface area is 199 Å². The fraction of sp³-hybridized carbons (Fsp3) is 0.423. The summed E-state index contributed by atoms with van der Waals surface area (Å²) in [5.74, 6) is -1.12. The molecule has 4 rings (SSSR count). The molecule has 8 heteroatoms. The zero-order chi connectivity index (χ0) is 24.1. The van der Waals surface area contributed by atoms with Gasteiger partial charge in [0, 0.05) is 49.8 Å². The molecule has 0 bridgehead atoms. The normalized spacial score (nSPS) is 13.8. The van der Waals surface area contributed by atoms with Crippen molar-refractivity contribution in [2.24, 2.45) is 0 Å². The molecule has 0 saturated heterocycles. The topological polar surface area (TPSA) is 101 Å². The molecule has 34 heavy (non-hydrogen) atoms. The minimum atomic E-state index is -0.936. The predicted octanol–water partition coefficient (Wildman–Crippen LogP) is 3.49. The van der Waals surface area contributed by atoms with Crippen molar-refractivity contribution in [1.82, 2.24) is 24.6 Å². The van der Waals surface area contributed by atoms with Gasteiger partial charge >= 0.3 is 5.97 Å². The van der Waals surface area contributed by atoms with Crippen LogP contribution in [0.1, 0.15) is 70.3 Å². The van der Waals surface area contributed by atoms with Crippen molar-refractivity contribution >= 4 is 11.9 Å². The highest BCUT2D eigenvalue weighted by Crippen LogP contribution is 2.25. The Kier molecular flexibility index (Phi) is 7.35. The van der Waals surface area contributed by atoms with Gasteiger partial charge in [-0.1, -0.05) is 6.07 Å². The molecule has 3 heterocycles. The average molecular weight is 462 g/mol. The van der Waals surface area contributed by atoms with Crippen LogP contribution in [-0.2, 0) is 30.5 Å². The lowest BCUT2D eigenvalue weighted by Gasteiger charge is -2.20. The van der Waals surface area contributed by atoms with Crippen molar-refractivity contribution < 1.29 is 14.7 Å². The summed E-state index contributed by atoms with van der Waals surface area (Å²) in [6.45, 7) is 0. The first-order valence-electron chi connectivity index (χ1n) is 11.8. The summed E-state index contributed by atoms with van der Waals surface area (Å²) in [5.41, 5.74) is 5.76. The molecule has 0 aromatic carbocycles. The number of hydrogen-bond acceptors (Lipinski definition) is 5. The van der Waals surface area contributed by atoms with Crippen LogP contribution in [0.2, 0.25) is 0 Å². The SMILES string of the molecule is CN(C)C(=O)c1cncc(C(CC(=O)O)n2nccc2CCCc2ccc3c(n2)CCCC3)c1. The second-order valence-corrected chi connectivity index (χ2v) is 9.06. The van der Waals surface area contributed by atoms with E-state index in [1.807, 2.05) is 6.07 Å². The predicted molar refractivity (Wildman–Crippen MR) is 128 cm³/mol. The first-order chi connectivity index (χ1) is 16.4. The maximum atomic E-state index is 12.4. The van der Waals surface area contributed by atoms with Crippen LogP contribution >= 0.6 is 0 Å². The van der Waals surface area contributed by atoms with Gasteiger partial charge in [-0.15, -0.1) is 0 Å². The monoisotopic (exact) mass is 461 g/mol. The van der Waals surface area contributed by atoms with Crippen LogP contribution in [0.3, 0.4) is 0 Å². The number of amides is 1. The largest absolute Gasteiger partial charge is 0.481 e. The van der Waals surface area contributed by atoms with Gasteiger partial charge < -0.3 is 10.0 Å². The highest BCUT2D eigenvalue weighted by molar-refractivity contribution is 5.93. The maximum Gasteiger partial charge on any atom is 0.305 e. The minimum absolute atomic E-state index is 0.150. The number of aliphatic carboxylic acids is 1. The number of fused-ring (bicyclic) bond motifs is 1. The van der Waals surface area contributed by atoms with Crippen molar-refractivity contribution in [1.29, 1.82) is 0 Å². The number of rotatable bonds is 9. The van der Waals surface area contributed by atoms with Gasteiger partial charge in [0.05, 0.1) is 18.0 Å². The molecule has 1 aliphatic rings. The highest BCUT2D eigenvalue weighted by atomic mass is 16.4. The summed E-state index contributed by atoms with van der Waals surface area (Å²) in [5, 5.41) is 14.0. The van der Waals surface area contributed by atoms with Gasteiger partial charge in [-0.2, -0.15) is 5.10 Å². The fourth-order valence-corrected chi connectivity index (χ4v) is 4.56. The Bertz CT molecular complexity index is 1170. The molecule has 0 spiro atoms. The van der Waals surface area contributed by atoms with E-state index in [0.29, 0.717) is 11.1 Å². The fourth-order valence-electron chi connectivity index (χ4n) is 4.56. The molecule has 3 aromatic heterocycles. The van der Waals surface area contributed by atoms with Crippen molar-refractivity contribution in [3.05, 3.63) is 76.6 Å². The quantitative estimate of drug-likeness (QED) is 0.523. The number of carbonyl (C=O) groups is 2. The second kappa shape index (κ2) is 10.6. The van der Waals surface area contributed by atoms with Crippen molar-refractivity contribution in [2.75, 3.05) is 14.1 Å². The van der Waals surface area contributed by atoms with Gasteiger partial charge in [-0.05, 0) is 74.3 Å². The van der Waals surface area contributed by atoms with E-state index in [1.54, 1.807) is 37.2 Å². The molecule has 1 aliphatic carbocycles. The molecular weight excluding hydrogens is 430 g/mol. The molecular formula is C26H31N5O3. The summed E-state index contributed by atoms with van der Waals surface area (Å²) in [6, 6.07) is 7.45. The van der Waals surface area contributed by atoms with E-state index in [-0.39, 0.29) is 12.3 Å². The van der Waals surface area contributed by atoms with Gasteiger partial charge in [0.2, 0.25) is 0 Å². The van der Waals surface area contributed by atoms with Gasteiger partial charge in [-0.25, -0.2) is 0 Å². The number of hydrogen-bond donors (Lipinski definition) is 1. The number of aryl methyl sites for hydroxylation is 4. The van der Waals surface area contributed by atoms with E-state index in [9.17, 15) is 14.7 Å². The molecule has 0 aliphatic heterocycles. The molecule has 1 unspecified atom stereocenters. The number of carbonyl (C=O) groups excluding carboxylic acids is 1. The van der Waals surface area contributed by atoms with Crippen LogP contribution in [0.4, 0.5) is 0 Å². The molecule has 3 aromatic rings. The first kappa shape index (κ1) is 23.6. The Hall–Kier alpha value is -3.55. The van der Waals surface area contributed by atoms with Gasteiger partial charge in [0.1, 0.15) is 0 Å². The minimum Gasteiger partial charge on any atom is -0.481 e. The highest BCUT2D eigenvalue weighted by Gasteiger charge is 2.23.